The first-order valence-electron chi connectivity index (χ1n) is 6.99. The molecule has 3 aromatic heterocycles. The summed E-state index contributed by atoms with van der Waals surface area (Å²) in [5.74, 6) is 0.248. The predicted molar refractivity (Wildman–Crippen MR) is 86.8 cm³/mol. The first-order chi connectivity index (χ1) is 11.2. The third kappa shape index (κ3) is 4.13. The molecule has 0 radical (unpaired) electrons. The number of nitrogens with zero attached hydrogens (tertiary/aromatic N) is 4. The molecule has 0 amide bonds. The summed E-state index contributed by atoms with van der Waals surface area (Å²) in [6.07, 6.45) is 5.96. The lowest BCUT2D eigenvalue weighted by atomic mass is 10.3. The number of aryl methyl sites for hydroxylation is 1. The topological polar surface area (TPSA) is 81.9 Å². The number of carbonyl (C=O) groups excluding carboxylic acids is 1. The van der Waals surface area contributed by atoms with E-state index in [-0.39, 0.29) is 0 Å². The molecule has 0 saturated heterocycles. The molecule has 3 heterocycles. The van der Waals surface area contributed by atoms with Gasteiger partial charge in [-0.15, -0.1) is 11.3 Å². The molecule has 1 N–H and O–H groups in total. The molecule has 0 aromatic carbocycles. The largest absolute Gasteiger partial charge is 0.461 e. The van der Waals surface area contributed by atoms with Crippen molar-refractivity contribution in [2.75, 3.05) is 11.9 Å². The van der Waals surface area contributed by atoms with Crippen LogP contribution in [0.1, 0.15) is 16.1 Å². The Labute approximate surface area is 137 Å². The molecule has 3 rings (SSSR count). The number of hydrogen-bond acceptors (Lipinski definition) is 7. The number of rotatable bonds is 6. The fourth-order valence-corrected chi connectivity index (χ4v) is 2.59. The number of ether oxygens (including phenoxy) is 1. The van der Waals surface area contributed by atoms with Crippen molar-refractivity contribution >= 4 is 28.3 Å². The summed E-state index contributed by atoms with van der Waals surface area (Å²) < 4.78 is 6.95. The van der Waals surface area contributed by atoms with Crippen LogP contribution in [0.3, 0.4) is 0 Å². The third-order valence-electron chi connectivity index (χ3n) is 3.00. The zero-order valence-electron chi connectivity index (χ0n) is 12.5. The van der Waals surface area contributed by atoms with Gasteiger partial charge >= 0.3 is 5.97 Å². The Morgan fingerprint density at radius 3 is 3.09 bits per heavy atom. The molecule has 8 heteroatoms. The fourth-order valence-electron chi connectivity index (χ4n) is 1.91. The van der Waals surface area contributed by atoms with Gasteiger partial charge in [-0.2, -0.15) is 5.10 Å². The van der Waals surface area contributed by atoms with E-state index in [1.807, 2.05) is 31.4 Å². The van der Waals surface area contributed by atoms with E-state index in [0.717, 1.165) is 5.56 Å². The van der Waals surface area contributed by atoms with Crippen LogP contribution < -0.4 is 5.32 Å². The number of thiazole rings is 1. The maximum Gasteiger partial charge on any atom is 0.357 e. The van der Waals surface area contributed by atoms with Crippen LogP contribution in [0, 0.1) is 0 Å². The predicted octanol–water partition coefficient (Wildman–Crippen LogP) is 2.41. The first-order valence-corrected chi connectivity index (χ1v) is 7.87. The maximum absolute atomic E-state index is 12.0. The van der Waals surface area contributed by atoms with Crippen molar-refractivity contribution in [3.63, 3.8) is 0 Å². The van der Waals surface area contributed by atoms with Crippen molar-refractivity contribution in [1.82, 2.24) is 19.7 Å². The minimum absolute atomic E-state index is 0.291. The standard InChI is InChI=1S/C15H15N5O2S/c1-20-9-11(8-17-20)5-7-22-14(21)12-10-23-15(18-12)19-13-4-2-3-6-16-13/h2-4,6,8-10H,5,7H2,1H3,(H,16,18,19). The summed E-state index contributed by atoms with van der Waals surface area (Å²) in [7, 11) is 1.85. The zero-order chi connectivity index (χ0) is 16.1. The molecule has 0 saturated carbocycles. The number of hydrogen-bond donors (Lipinski definition) is 1. The number of pyridine rings is 1. The summed E-state index contributed by atoms with van der Waals surface area (Å²) in [4.78, 5) is 20.3. The lowest BCUT2D eigenvalue weighted by Crippen LogP contribution is -2.08. The lowest BCUT2D eigenvalue weighted by molar-refractivity contribution is 0.0503. The molecule has 23 heavy (non-hydrogen) atoms. The van der Waals surface area contributed by atoms with E-state index in [2.05, 4.69) is 20.4 Å². The first kappa shape index (κ1) is 15.2. The Morgan fingerprint density at radius 1 is 1.43 bits per heavy atom. The van der Waals surface area contributed by atoms with Gasteiger partial charge in [0.05, 0.1) is 12.8 Å². The highest BCUT2D eigenvalue weighted by molar-refractivity contribution is 7.14. The van der Waals surface area contributed by atoms with Crippen LogP contribution in [0.4, 0.5) is 10.9 Å². The summed E-state index contributed by atoms with van der Waals surface area (Å²) in [5, 5.41) is 9.37. The van der Waals surface area contributed by atoms with Crippen LogP contribution in [0.5, 0.6) is 0 Å². The molecule has 0 aliphatic heterocycles. The van der Waals surface area contributed by atoms with Gasteiger partial charge in [-0.05, 0) is 17.7 Å². The molecule has 0 atom stereocenters. The Morgan fingerprint density at radius 2 is 2.35 bits per heavy atom. The van der Waals surface area contributed by atoms with Crippen LogP contribution >= 0.6 is 11.3 Å². The van der Waals surface area contributed by atoms with Gasteiger partial charge in [0.25, 0.3) is 0 Å². The Balaban J connectivity index is 1.52. The van der Waals surface area contributed by atoms with E-state index in [4.69, 9.17) is 4.74 Å². The van der Waals surface area contributed by atoms with Gasteiger partial charge in [0, 0.05) is 31.2 Å². The maximum atomic E-state index is 12.0. The van der Waals surface area contributed by atoms with Crippen LogP contribution in [0.2, 0.25) is 0 Å². The van der Waals surface area contributed by atoms with Crippen molar-refractivity contribution in [1.29, 1.82) is 0 Å². The van der Waals surface area contributed by atoms with Gasteiger partial charge in [0.1, 0.15) is 5.82 Å². The molecule has 3 aromatic rings. The van der Waals surface area contributed by atoms with E-state index < -0.39 is 5.97 Å². The number of anilines is 2. The van der Waals surface area contributed by atoms with Crippen molar-refractivity contribution in [2.24, 2.45) is 7.05 Å². The van der Waals surface area contributed by atoms with Crippen molar-refractivity contribution in [3.8, 4) is 0 Å². The van der Waals surface area contributed by atoms with E-state index in [9.17, 15) is 4.79 Å². The molecule has 7 nitrogen and oxygen atoms in total. The van der Waals surface area contributed by atoms with Gasteiger partial charge in [-0.1, -0.05) is 6.07 Å². The van der Waals surface area contributed by atoms with E-state index in [1.165, 1.54) is 11.3 Å². The molecule has 0 aliphatic rings. The summed E-state index contributed by atoms with van der Waals surface area (Å²) in [6.45, 7) is 0.297. The number of aromatic nitrogens is 4. The lowest BCUT2D eigenvalue weighted by Gasteiger charge is -2.01. The van der Waals surface area contributed by atoms with E-state index in [0.29, 0.717) is 29.7 Å². The smallest absolute Gasteiger partial charge is 0.357 e. The molecule has 0 bridgehead atoms. The number of esters is 1. The highest BCUT2D eigenvalue weighted by atomic mass is 32.1. The highest BCUT2D eigenvalue weighted by Gasteiger charge is 2.12. The second-order valence-electron chi connectivity index (χ2n) is 4.79. The normalized spacial score (nSPS) is 10.5. The summed E-state index contributed by atoms with van der Waals surface area (Å²) in [6, 6.07) is 5.53. The monoisotopic (exact) mass is 329 g/mol. The van der Waals surface area contributed by atoms with E-state index in [1.54, 1.807) is 22.5 Å². The molecule has 118 valence electrons. The van der Waals surface area contributed by atoms with Crippen LogP contribution in [-0.4, -0.2) is 32.3 Å². The number of carbonyl (C=O) groups is 1. The van der Waals surface area contributed by atoms with Gasteiger partial charge < -0.3 is 10.1 Å². The van der Waals surface area contributed by atoms with E-state index >= 15 is 0 Å². The Bertz CT molecular complexity index is 784. The quantitative estimate of drug-likeness (QED) is 0.699. The summed E-state index contributed by atoms with van der Waals surface area (Å²) in [5.41, 5.74) is 1.32. The molecular formula is C15H15N5O2S. The molecule has 0 fully saturated rings. The second-order valence-corrected chi connectivity index (χ2v) is 5.64. The van der Waals surface area contributed by atoms with Crippen LogP contribution in [-0.2, 0) is 18.2 Å². The fraction of sp³-hybridized carbons (Fsp3) is 0.200. The van der Waals surface area contributed by atoms with Gasteiger partial charge in [0.2, 0.25) is 0 Å². The average molecular weight is 329 g/mol. The van der Waals surface area contributed by atoms with Gasteiger partial charge in [-0.3, -0.25) is 4.68 Å². The minimum Gasteiger partial charge on any atom is -0.461 e. The van der Waals surface area contributed by atoms with Crippen molar-refractivity contribution in [2.45, 2.75) is 6.42 Å². The van der Waals surface area contributed by atoms with Crippen LogP contribution in [0.25, 0.3) is 0 Å². The molecule has 0 spiro atoms. The summed E-state index contributed by atoms with van der Waals surface area (Å²) >= 11 is 1.33. The minimum atomic E-state index is -0.431. The molecule has 0 unspecified atom stereocenters. The van der Waals surface area contributed by atoms with Crippen molar-refractivity contribution < 1.29 is 9.53 Å². The second kappa shape index (κ2) is 7.01. The Hall–Kier alpha value is -2.74. The van der Waals surface area contributed by atoms with Crippen LogP contribution in [0.15, 0.2) is 42.2 Å². The van der Waals surface area contributed by atoms with Crippen molar-refractivity contribution in [3.05, 3.63) is 53.4 Å². The third-order valence-corrected chi connectivity index (χ3v) is 3.75. The molecule has 0 aliphatic carbocycles. The average Bonchev–Trinajstić information content (AvgIpc) is 3.18. The zero-order valence-corrected chi connectivity index (χ0v) is 13.3. The van der Waals surface area contributed by atoms with Gasteiger partial charge in [0.15, 0.2) is 10.8 Å². The molecular weight excluding hydrogens is 314 g/mol. The van der Waals surface area contributed by atoms with Gasteiger partial charge in [-0.25, -0.2) is 14.8 Å². The highest BCUT2D eigenvalue weighted by Crippen LogP contribution is 2.19. The Kier molecular flexibility index (Phi) is 4.62. The SMILES string of the molecule is Cn1cc(CCOC(=O)c2csc(Nc3ccccn3)n2)cn1. The number of nitrogens with one attached hydrogen (secondary N) is 1.